The lowest BCUT2D eigenvalue weighted by Gasteiger charge is -2.35. The van der Waals surface area contributed by atoms with Crippen LogP contribution in [-0.2, 0) is 17.8 Å². The molecule has 0 bridgehead atoms. The molecule has 1 aliphatic carbocycles. The smallest absolute Gasteiger partial charge is 0.225 e. The summed E-state index contributed by atoms with van der Waals surface area (Å²) in [4.78, 5) is 17.4. The van der Waals surface area contributed by atoms with Gasteiger partial charge in [-0.05, 0) is 62.4 Å². The average molecular weight is 449 g/mol. The van der Waals surface area contributed by atoms with Gasteiger partial charge in [0.2, 0.25) is 5.91 Å². The van der Waals surface area contributed by atoms with Crippen LogP contribution in [0.2, 0.25) is 0 Å². The van der Waals surface area contributed by atoms with E-state index < -0.39 is 0 Å². The van der Waals surface area contributed by atoms with E-state index in [-0.39, 0.29) is 5.92 Å². The highest BCUT2D eigenvalue weighted by Crippen LogP contribution is 2.28. The fourth-order valence-electron chi connectivity index (χ4n) is 5.27. The molecule has 1 atom stereocenters. The van der Waals surface area contributed by atoms with Gasteiger partial charge in [0.1, 0.15) is 5.75 Å². The van der Waals surface area contributed by atoms with Gasteiger partial charge in [0.25, 0.3) is 0 Å². The van der Waals surface area contributed by atoms with Gasteiger partial charge < -0.3 is 14.5 Å². The molecule has 4 nitrogen and oxygen atoms in total. The van der Waals surface area contributed by atoms with E-state index in [1.165, 1.54) is 30.4 Å². The number of likely N-dealkylation sites (tertiary alicyclic amines) is 1. The Balaban J connectivity index is 1.19. The monoisotopic (exact) mass is 448 g/mol. The predicted octanol–water partition coefficient (Wildman–Crippen LogP) is 5.56. The van der Waals surface area contributed by atoms with Crippen LogP contribution in [0.15, 0.2) is 54.6 Å². The van der Waals surface area contributed by atoms with E-state index in [2.05, 4.69) is 71.4 Å². The molecule has 1 saturated heterocycles. The summed E-state index contributed by atoms with van der Waals surface area (Å²) in [5, 5.41) is 0. The third kappa shape index (κ3) is 7.33. The Hall–Kier alpha value is -2.33. The lowest BCUT2D eigenvalue weighted by Crippen LogP contribution is -2.44. The van der Waals surface area contributed by atoms with E-state index in [4.69, 9.17) is 4.74 Å². The van der Waals surface area contributed by atoms with E-state index in [1.807, 2.05) is 0 Å². The minimum Gasteiger partial charge on any atom is -0.493 e. The van der Waals surface area contributed by atoms with E-state index in [9.17, 15) is 4.79 Å². The first-order valence-corrected chi connectivity index (χ1v) is 12.9. The molecule has 0 aromatic heterocycles. The van der Waals surface area contributed by atoms with Crippen LogP contribution in [0.5, 0.6) is 5.75 Å². The Labute approximate surface area is 199 Å². The minimum absolute atomic E-state index is 0.275. The number of hydrogen-bond acceptors (Lipinski definition) is 3. The number of carbonyl (C=O) groups excluding carboxylic acids is 1. The largest absolute Gasteiger partial charge is 0.493 e. The molecule has 1 saturated carbocycles. The van der Waals surface area contributed by atoms with Crippen molar-refractivity contribution in [3.05, 3.63) is 65.7 Å². The summed E-state index contributed by atoms with van der Waals surface area (Å²) in [5.74, 6) is 2.05. The van der Waals surface area contributed by atoms with Gasteiger partial charge in [-0.3, -0.25) is 4.79 Å². The van der Waals surface area contributed by atoms with Crippen LogP contribution in [0.3, 0.4) is 0 Å². The normalized spacial score (nSPS) is 19.6. The molecule has 2 aromatic rings. The van der Waals surface area contributed by atoms with Crippen LogP contribution in [-0.4, -0.2) is 49.0 Å². The van der Waals surface area contributed by atoms with Crippen molar-refractivity contribution >= 4 is 5.91 Å². The second-order valence-corrected chi connectivity index (χ2v) is 10.1. The maximum Gasteiger partial charge on any atom is 0.225 e. The summed E-state index contributed by atoms with van der Waals surface area (Å²) in [5.41, 5.74) is 2.69. The van der Waals surface area contributed by atoms with Gasteiger partial charge in [0, 0.05) is 38.0 Å². The van der Waals surface area contributed by atoms with Crippen LogP contribution < -0.4 is 4.74 Å². The summed E-state index contributed by atoms with van der Waals surface area (Å²) >= 11 is 0. The zero-order valence-electron chi connectivity index (χ0n) is 20.3. The molecule has 2 fully saturated rings. The van der Waals surface area contributed by atoms with Gasteiger partial charge in [0.05, 0.1) is 6.61 Å². The zero-order chi connectivity index (χ0) is 22.9. The van der Waals surface area contributed by atoms with Crippen molar-refractivity contribution in [2.24, 2.45) is 11.8 Å². The third-order valence-electron chi connectivity index (χ3n) is 7.27. The van der Waals surface area contributed by atoms with E-state index in [0.717, 1.165) is 64.0 Å². The van der Waals surface area contributed by atoms with Crippen LogP contribution in [0.1, 0.15) is 56.1 Å². The first-order valence-electron chi connectivity index (χ1n) is 12.9. The lowest BCUT2D eigenvalue weighted by atomic mass is 9.87. The van der Waals surface area contributed by atoms with E-state index >= 15 is 0 Å². The highest BCUT2D eigenvalue weighted by molar-refractivity contribution is 5.79. The van der Waals surface area contributed by atoms with Gasteiger partial charge in [-0.2, -0.15) is 0 Å². The maximum atomic E-state index is 12.9. The molecular formula is C29H40N2O2. The first-order chi connectivity index (χ1) is 16.2. The summed E-state index contributed by atoms with van der Waals surface area (Å²) in [6, 6.07) is 19.2. The number of benzene rings is 2. The molecule has 2 aromatic carbocycles. The minimum atomic E-state index is 0.275. The van der Waals surface area contributed by atoms with Crippen molar-refractivity contribution < 1.29 is 9.53 Å². The van der Waals surface area contributed by atoms with Crippen LogP contribution >= 0.6 is 0 Å². The fourth-order valence-corrected chi connectivity index (χ4v) is 5.27. The number of ether oxygens (including phenoxy) is 1. The highest BCUT2D eigenvalue weighted by atomic mass is 16.5. The molecule has 0 spiro atoms. The molecule has 1 aliphatic heterocycles. The first kappa shape index (κ1) is 23.8. The Morgan fingerprint density at radius 2 is 1.70 bits per heavy atom. The lowest BCUT2D eigenvalue weighted by molar-refractivity contribution is -0.138. The van der Waals surface area contributed by atoms with Gasteiger partial charge >= 0.3 is 0 Å². The second-order valence-electron chi connectivity index (χ2n) is 10.1. The summed E-state index contributed by atoms with van der Waals surface area (Å²) in [7, 11) is 2.18. The Bertz CT molecular complexity index is 846. The highest BCUT2D eigenvalue weighted by Gasteiger charge is 2.29. The van der Waals surface area contributed by atoms with Crippen molar-refractivity contribution in [3.63, 3.8) is 0 Å². The number of nitrogens with zero attached hydrogens (tertiary/aromatic N) is 2. The van der Waals surface area contributed by atoms with Gasteiger partial charge in [-0.15, -0.1) is 0 Å². The molecule has 4 heteroatoms. The summed E-state index contributed by atoms with van der Waals surface area (Å²) in [6.45, 7) is 4.47. The molecule has 0 N–H and O–H groups in total. The van der Waals surface area contributed by atoms with Crippen molar-refractivity contribution in [1.29, 1.82) is 0 Å². The van der Waals surface area contributed by atoms with Crippen LogP contribution in [0.25, 0.3) is 0 Å². The number of carbonyl (C=O) groups is 1. The average Bonchev–Trinajstić information content (AvgIpc) is 2.88. The molecule has 178 valence electrons. The second kappa shape index (κ2) is 12.2. The van der Waals surface area contributed by atoms with Crippen LogP contribution in [0, 0.1) is 11.8 Å². The number of piperidine rings is 1. The van der Waals surface area contributed by atoms with Gasteiger partial charge in [-0.25, -0.2) is 0 Å². The topological polar surface area (TPSA) is 32.8 Å². The van der Waals surface area contributed by atoms with Crippen molar-refractivity contribution in [3.8, 4) is 5.75 Å². The Morgan fingerprint density at radius 1 is 0.939 bits per heavy atom. The number of rotatable bonds is 9. The molecule has 1 amide bonds. The summed E-state index contributed by atoms with van der Waals surface area (Å²) in [6.07, 6.45) is 9.22. The predicted molar refractivity (Wildman–Crippen MR) is 134 cm³/mol. The van der Waals surface area contributed by atoms with Crippen LogP contribution in [0.4, 0.5) is 0 Å². The molecule has 2 aliphatic rings. The van der Waals surface area contributed by atoms with Crippen molar-refractivity contribution in [2.45, 2.75) is 57.9 Å². The van der Waals surface area contributed by atoms with Crippen molar-refractivity contribution in [1.82, 2.24) is 9.80 Å². The molecule has 0 radical (unpaired) electrons. The van der Waals surface area contributed by atoms with Gasteiger partial charge in [0.15, 0.2) is 0 Å². The molecular weight excluding hydrogens is 408 g/mol. The van der Waals surface area contributed by atoms with E-state index in [0.29, 0.717) is 18.4 Å². The van der Waals surface area contributed by atoms with Crippen molar-refractivity contribution in [2.75, 3.05) is 33.3 Å². The quantitative estimate of drug-likeness (QED) is 0.504. The molecule has 0 unspecified atom stereocenters. The number of likely N-dealkylation sites (N-methyl/N-ethyl adjacent to an activating group) is 1. The molecule has 4 rings (SSSR count). The fraction of sp³-hybridized carbons (Fsp3) is 0.552. The number of hydrogen-bond donors (Lipinski definition) is 0. The SMILES string of the molecule is CN(CCc1ccccc1)Cc1ccc(OC[C@@H]2CCCN(C(=O)C3CCCCC3)C2)cc1. The summed E-state index contributed by atoms with van der Waals surface area (Å²) < 4.78 is 6.13. The standard InChI is InChI=1S/C29H40N2O2/c1-30(20-18-24-9-4-2-5-10-24)21-25-14-16-28(17-15-25)33-23-26-11-8-19-31(22-26)29(32)27-12-6-3-7-13-27/h2,4-5,9-10,14-17,26-27H,3,6-8,11-13,18-23H2,1H3/t26-/m1/s1. The van der Waals surface area contributed by atoms with Gasteiger partial charge in [-0.1, -0.05) is 61.7 Å². The molecule has 1 heterocycles. The Kier molecular flexibility index (Phi) is 8.82. The molecule has 33 heavy (non-hydrogen) atoms. The maximum absolute atomic E-state index is 12.9. The third-order valence-corrected chi connectivity index (χ3v) is 7.27. The Morgan fingerprint density at radius 3 is 2.45 bits per heavy atom. The van der Waals surface area contributed by atoms with E-state index in [1.54, 1.807) is 0 Å². The zero-order valence-corrected chi connectivity index (χ0v) is 20.3. The number of amides is 1.